The SMILES string of the molecule is CCC1(N2Oc3ccccc3C(C)=[N+]2c2ccccc2)CCC1C. The Morgan fingerprint density at radius 1 is 1.12 bits per heavy atom. The van der Waals surface area contributed by atoms with Gasteiger partial charge in [-0.2, -0.15) is 0 Å². The lowest BCUT2D eigenvalue weighted by Crippen LogP contribution is -2.64. The van der Waals surface area contributed by atoms with Gasteiger partial charge < -0.3 is 4.84 Å². The molecule has 0 N–H and O–H groups in total. The van der Waals surface area contributed by atoms with Crippen molar-refractivity contribution in [1.29, 1.82) is 0 Å². The quantitative estimate of drug-likeness (QED) is 0.744. The van der Waals surface area contributed by atoms with Gasteiger partial charge in [0.15, 0.2) is 5.75 Å². The summed E-state index contributed by atoms with van der Waals surface area (Å²) >= 11 is 0. The van der Waals surface area contributed by atoms with Crippen LogP contribution in [0.15, 0.2) is 54.6 Å². The van der Waals surface area contributed by atoms with Crippen LogP contribution >= 0.6 is 0 Å². The molecular weight excluding hydrogens is 296 g/mol. The molecule has 2 unspecified atom stereocenters. The molecule has 2 aliphatic rings. The molecule has 1 saturated carbocycles. The summed E-state index contributed by atoms with van der Waals surface area (Å²) in [5, 5.41) is 2.16. The van der Waals surface area contributed by atoms with Crippen LogP contribution in [0.25, 0.3) is 0 Å². The summed E-state index contributed by atoms with van der Waals surface area (Å²) < 4.78 is 2.27. The van der Waals surface area contributed by atoms with Crippen LogP contribution in [0.3, 0.4) is 0 Å². The molecule has 2 atom stereocenters. The molecule has 0 bridgehead atoms. The van der Waals surface area contributed by atoms with Crippen molar-refractivity contribution in [3.05, 3.63) is 60.2 Å². The number of hydrogen-bond acceptors (Lipinski definition) is 2. The highest BCUT2D eigenvalue weighted by Gasteiger charge is 2.56. The van der Waals surface area contributed by atoms with Crippen molar-refractivity contribution in [2.24, 2.45) is 5.92 Å². The number of fused-ring (bicyclic) bond motifs is 1. The third-order valence-corrected chi connectivity index (χ3v) is 5.88. The molecule has 124 valence electrons. The molecule has 0 amide bonds. The molecule has 0 aromatic heterocycles. The van der Waals surface area contributed by atoms with E-state index in [0.29, 0.717) is 5.92 Å². The maximum atomic E-state index is 6.48. The molecule has 3 heteroatoms. The van der Waals surface area contributed by atoms with E-state index >= 15 is 0 Å². The van der Waals surface area contributed by atoms with Gasteiger partial charge in [-0.05, 0) is 42.0 Å². The first-order chi connectivity index (χ1) is 11.7. The van der Waals surface area contributed by atoms with Crippen molar-refractivity contribution in [3.63, 3.8) is 0 Å². The maximum Gasteiger partial charge on any atom is 0.239 e. The first kappa shape index (κ1) is 15.3. The van der Waals surface area contributed by atoms with Crippen LogP contribution in [0.1, 0.15) is 45.6 Å². The molecule has 2 aromatic carbocycles. The molecule has 0 spiro atoms. The van der Waals surface area contributed by atoms with Crippen LogP contribution in [0.2, 0.25) is 0 Å². The minimum absolute atomic E-state index is 0.0602. The van der Waals surface area contributed by atoms with Gasteiger partial charge in [0.25, 0.3) is 0 Å². The van der Waals surface area contributed by atoms with Crippen LogP contribution in [0.5, 0.6) is 5.75 Å². The molecule has 1 fully saturated rings. The normalized spacial score (nSPS) is 25.8. The van der Waals surface area contributed by atoms with Gasteiger partial charge in [0.2, 0.25) is 11.4 Å². The summed E-state index contributed by atoms with van der Waals surface area (Å²) in [5.41, 5.74) is 3.59. The minimum Gasteiger partial charge on any atom is -0.331 e. The predicted octanol–water partition coefficient (Wildman–Crippen LogP) is 4.94. The molecular formula is C21H25N2O+. The first-order valence-corrected chi connectivity index (χ1v) is 8.93. The van der Waals surface area contributed by atoms with Crippen LogP contribution in [0.4, 0.5) is 5.69 Å². The van der Waals surface area contributed by atoms with Gasteiger partial charge in [0.05, 0.1) is 5.56 Å². The summed E-state index contributed by atoms with van der Waals surface area (Å²) in [5.74, 6) is 1.57. The standard InChI is InChI=1S/C21H25N2O/c1-4-21(15-14-16(21)2)23-22(18-10-6-5-7-11-18)17(3)19-12-8-9-13-20(19)24-23/h5-13,16H,4,14-15H2,1-3H3/q+1. The Hall–Kier alpha value is -2.29. The second-order valence-corrected chi connectivity index (χ2v) is 6.99. The molecule has 2 aromatic rings. The van der Waals surface area contributed by atoms with E-state index in [1.54, 1.807) is 0 Å². The Bertz CT molecular complexity index is 779. The number of hydrazine groups is 1. The summed E-state index contributed by atoms with van der Waals surface area (Å²) in [6.07, 6.45) is 3.51. The van der Waals surface area contributed by atoms with Crippen molar-refractivity contribution >= 4 is 11.4 Å². The van der Waals surface area contributed by atoms with E-state index in [0.717, 1.165) is 23.4 Å². The van der Waals surface area contributed by atoms with Crippen molar-refractivity contribution in [2.75, 3.05) is 0 Å². The molecule has 1 aliphatic heterocycles. The van der Waals surface area contributed by atoms with Crippen LogP contribution < -0.4 is 4.84 Å². The highest BCUT2D eigenvalue weighted by molar-refractivity contribution is 5.98. The van der Waals surface area contributed by atoms with E-state index in [9.17, 15) is 0 Å². The van der Waals surface area contributed by atoms with E-state index in [2.05, 4.69) is 79.2 Å². The van der Waals surface area contributed by atoms with E-state index in [1.165, 1.54) is 18.6 Å². The van der Waals surface area contributed by atoms with Crippen LogP contribution in [-0.2, 0) is 0 Å². The monoisotopic (exact) mass is 321 g/mol. The number of rotatable bonds is 3. The summed E-state index contributed by atoms with van der Waals surface area (Å²) in [4.78, 5) is 6.48. The zero-order valence-electron chi connectivity index (χ0n) is 14.7. The Balaban J connectivity index is 1.92. The third-order valence-electron chi connectivity index (χ3n) is 5.88. The van der Waals surface area contributed by atoms with Gasteiger partial charge in [-0.25, -0.2) is 0 Å². The van der Waals surface area contributed by atoms with Gasteiger partial charge in [-0.1, -0.05) is 44.2 Å². The van der Waals surface area contributed by atoms with E-state index in [1.807, 2.05) is 6.07 Å². The topological polar surface area (TPSA) is 15.5 Å². The zero-order chi connectivity index (χ0) is 16.7. The Labute approximate surface area is 144 Å². The average molecular weight is 321 g/mol. The second-order valence-electron chi connectivity index (χ2n) is 6.99. The molecule has 1 heterocycles. The van der Waals surface area contributed by atoms with Gasteiger partial charge in [-0.3, -0.25) is 0 Å². The summed E-state index contributed by atoms with van der Waals surface area (Å²) in [7, 11) is 0. The molecule has 4 rings (SSSR count). The maximum absolute atomic E-state index is 6.48. The van der Waals surface area contributed by atoms with E-state index in [4.69, 9.17) is 4.84 Å². The van der Waals surface area contributed by atoms with E-state index in [-0.39, 0.29) is 5.54 Å². The fourth-order valence-corrected chi connectivity index (χ4v) is 4.10. The molecule has 24 heavy (non-hydrogen) atoms. The lowest BCUT2D eigenvalue weighted by atomic mass is 9.66. The van der Waals surface area contributed by atoms with Gasteiger partial charge in [0, 0.05) is 24.2 Å². The number of benzene rings is 2. The zero-order valence-corrected chi connectivity index (χ0v) is 14.7. The Morgan fingerprint density at radius 2 is 1.83 bits per heavy atom. The fourth-order valence-electron chi connectivity index (χ4n) is 4.10. The van der Waals surface area contributed by atoms with Gasteiger partial charge in [-0.15, -0.1) is 0 Å². The summed E-state index contributed by atoms with van der Waals surface area (Å²) in [6.45, 7) is 6.81. The number of hydrogen-bond donors (Lipinski definition) is 0. The van der Waals surface area contributed by atoms with Crippen LogP contribution in [-0.4, -0.2) is 21.1 Å². The van der Waals surface area contributed by atoms with E-state index < -0.39 is 0 Å². The number of nitrogens with zero attached hydrogens (tertiary/aromatic N) is 2. The average Bonchev–Trinajstić information content (AvgIpc) is 2.62. The highest BCUT2D eigenvalue weighted by atomic mass is 16.7. The third kappa shape index (κ3) is 2.07. The molecule has 0 radical (unpaired) electrons. The number of hydrazone groups is 1. The van der Waals surface area contributed by atoms with Gasteiger partial charge in [0.1, 0.15) is 5.54 Å². The fraction of sp³-hybridized carbons (Fsp3) is 0.381. The minimum atomic E-state index is 0.0602. The smallest absolute Gasteiger partial charge is 0.239 e. The Kier molecular flexibility index (Phi) is 3.60. The molecule has 0 saturated heterocycles. The predicted molar refractivity (Wildman–Crippen MR) is 96.5 cm³/mol. The van der Waals surface area contributed by atoms with Crippen molar-refractivity contribution in [1.82, 2.24) is 5.17 Å². The highest BCUT2D eigenvalue weighted by Crippen LogP contribution is 2.48. The van der Waals surface area contributed by atoms with Crippen molar-refractivity contribution in [3.8, 4) is 5.75 Å². The number of para-hydroxylation sites is 2. The van der Waals surface area contributed by atoms with Gasteiger partial charge >= 0.3 is 0 Å². The Morgan fingerprint density at radius 3 is 2.46 bits per heavy atom. The van der Waals surface area contributed by atoms with Crippen molar-refractivity contribution < 1.29 is 9.52 Å². The first-order valence-electron chi connectivity index (χ1n) is 8.93. The second kappa shape index (κ2) is 5.66. The lowest BCUT2D eigenvalue weighted by Gasteiger charge is -2.50. The lowest BCUT2D eigenvalue weighted by molar-refractivity contribution is -0.722. The number of hydroxylamine groups is 1. The van der Waals surface area contributed by atoms with Crippen LogP contribution in [0, 0.1) is 5.92 Å². The molecule has 1 aliphatic carbocycles. The van der Waals surface area contributed by atoms with Crippen molar-refractivity contribution in [2.45, 2.75) is 45.6 Å². The summed E-state index contributed by atoms with van der Waals surface area (Å²) in [6, 6.07) is 18.9. The largest absolute Gasteiger partial charge is 0.331 e. The molecule has 3 nitrogen and oxygen atoms in total.